The number of methoxy groups -OCH3 is 1. The molecule has 1 aromatic rings. The van der Waals surface area contributed by atoms with Crippen LogP contribution in [0.15, 0.2) is 12.4 Å². The lowest BCUT2D eigenvalue weighted by molar-refractivity contribution is -0.148. The van der Waals surface area contributed by atoms with Gasteiger partial charge in [0.2, 0.25) is 11.8 Å². The maximum Gasteiger partial charge on any atom is 0.227 e. The SMILES string of the molecule is COCC1(N(C)C(=O)[C@H]2CCC(=O)N(c3cnn(C)c3)C2)CCC1. The van der Waals surface area contributed by atoms with E-state index in [0.717, 1.165) is 24.9 Å². The second kappa shape index (κ2) is 6.55. The standard InChI is InChI=1S/C17H26N4O3/c1-19-11-14(9-18-19)21-10-13(5-6-15(21)22)16(23)20(2)17(12-24-3)7-4-8-17/h9,11,13H,4-8,10,12H2,1-3H3/t13-/m0/s1. The van der Waals surface area contributed by atoms with Crippen molar-refractivity contribution in [3.63, 3.8) is 0 Å². The second-order valence-electron chi connectivity index (χ2n) is 7.02. The summed E-state index contributed by atoms with van der Waals surface area (Å²) in [4.78, 5) is 28.8. The molecule has 7 heteroatoms. The van der Waals surface area contributed by atoms with Gasteiger partial charge in [-0.3, -0.25) is 14.3 Å². The summed E-state index contributed by atoms with van der Waals surface area (Å²) >= 11 is 0. The highest BCUT2D eigenvalue weighted by molar-refractivity contribution is 5.96. The predicted molar refractivity (Wildman–Crippen MR) is 89.5 cm³/mol. The molecule has 2 aliphatic rings. The third-order valence-electron chi connectivity index (χ3n) is 5.50. The molecule has 0 bridgehead atoms. The molecule has 0 N–H and O–H groups in total. The van der Waals surface area contributed by atoms with Crippen LogP contribution in [-0.4, -0.2) is 59.3 Å². The summed E-state index contributed by atoms with van der Waals surface area (Å²) in [5.41, 5.74) is 0.602. The Morgan fingerprint density at radius 1 is 1.50 bits per heavy atom. The van der Waals surface area contributed by atoms with Gasteiger partial charge < -0.3 is 14.5 Å². The van der Waals surface area contributed by atoms with E-state index >= 15 is 0 Å². The first-order valence-electron chi connectivity index (χ1n) is 8.52. The predicted octanol–water partition coefficient (Wildman–Crippen LogP) is 1.19. The summed E-state index contributed by atoms with van der Waals surface area (Å²) < 4.78 is 7.02. The molecule has 1 saturated carbocycles. The Morgan fingerprint density at radius 3 is 2.79 bits per heavy atom. The number of anilines is 1. The maximum atomic E-state index is 13.0. The van der Waals surface area contributed by atoms with Crippen molar-refractivity contribution in [2.24, 2.45) is 13.0 Å². The van der Waals surface area contributed by atoms with E-state index in [4.69, 9.17) is 4.74 Å². The normalized spacial score (nSPS) is 23.0. The Bertz CT molecular complexity index is 623. The van der Waals surface area contributed by atoms with Crippen molar-refractivity contribution in [2.75, 3.05) is 32.2 Å². The van der Waals surface area contributed by atoms with Crippen molar-refractivity contribution in [2.45, 2.75) is 37.6 Å². The number of ether oxygens (including phenoxy) is 1. The van der Waals surface area contributed by atoms with Crippen LogP contribution in [0.25, 0.3) is 0 Å². The Labute approximate surface area is 142 Å². The molecule has 3 rings (SSSR count). The molecule has 1 aromatic heterocycles. The average molecular weight is 334 g/mol. The highest BCUT2D eigenvalue weighted by atomic mass is 16.5. The van der Waals surface area contributed by atoms with E-state index in [0.29, 0.717) is 26.0 Å². The molecule has 0 radical (unpaired) electrons. The number of rotatable bonds is 5. The van der Waals surface area contributed by atoms with Gasteiger partial charge in [0.1, 0.15) is 0 Å². The van der Waals surface area contributed by atoms with Gasteiger partial charge in [-0.2, -0.15) is 5.10 Å². The first kappa shape index (κ1) is 17.0. The third-order valence-corrected chi connectivity index (χ3v) is 5.50. The Balaban J connectivity index is 1.72. The zero-order chi connectivity index (χ0) is 17.3. The molecule has 132 valence electrons. The van der Waals surface area contributed by atoms with Gasteiger partial charge in [-0.1, -0.05) is 0 Å². The van der Waals surface area contributed by atoms with E-state index in [1.807, 2.05) is 25.2 Å². The maximum absolute atomic E-state index is 13.0. The van der Waals surface area contributed by atoms with E-state index in [-0.39, 0.29) is 23.3 Å². The van der Waals surface area contributed by atoms with E-state index in [1.165, 1.54) is 0 Å². The quantitative estimate of drug-likeness (QED) is 0.811. The van der Waals surface area contributed by atoms with Crippen LogP contribution in [0.1, 0.15) is 32.1 Å². The van der Waals surface area contributed by atoms with Crippen molar-refractivity contribution >= 4 is 17.5 Å². The van der Waals surface area contributed by atoms with Crippen LogP contribution in [0.5, 0.6) is 0 Å². The van der Waals surface area contributed by atoms with Crippen molar-refractivity contribution in [1.29, 1.82) is 0 Å². The molecule has 2 fully saturated rings. The summed E-state index contributed by atoms with van der Waals surface area (Å²) in [5, 5.41) is 4.13. The minimum Gasteiger partial charge on any atom is -0.382 e. The van der Waals surface area contributed by atoms with Gasteiger partial charge in [-0.05, 0) is 25.7 Å². The van der Waals surface area contributed by atoms with Crippen LogP contribution in [-0.2, 0) is 21.4 Å². The van der Waals surface area contributed by atoms with Crippen molar-refractivity contribution < 1.29 is 14.3 Å². The lowest BCUT2D eigenvalue weighted by Crippen LogP contribution is -2.59. The summed E-state index contributed by atoms with van der Waals surface area (Å²) in [6, 6.07) is 0. The fourth-order valence-corrected chi connectivity index (χ4v) is 3.78. The van der Waals surface area contributed by atoms with Gasteiger partial charge in [-0.25, -0.2) is 0 Å². The number of hydrogen-bond acceptors (Lipinski definition) is 4. The number of carbonyl (C=O) groups is 2. The summed E-state index contributed by atoms with van der Waals surface area (Å²) in [5.74, 6) is 0.0142. The Morgan fingerprint density at radius 2 is 2.25 bits per heavy atom. The highest BCUT2D eigenvalue weighted by Crippen LogP contribution is 2.38. The van der Waals surface area contributed by atoms with Gasteiger partial charge in [0.25, 0.3) is 0 Å². The minimum absolute atomic E-state index is 0.0601. The lowest BCUT2D eigenvalue weighted by Gasteiger charge is -2.49. The molecule has 7 nitrogen and oxygen atoms in total. The average Bonchev–Trinajstić information content (AvgIpc) is 2.96. The van der Waals surface area contributed by atoms with Crippen LogP contribution < -0.4 is 4.90 Å². The molecule has 0 spiro atoms. The van der Waals surface area contributed by atoms with Crippen LogP contribution in [0.2, 0.25) is 0 Å². The smallest absolute Gasteiger partial charge is 0.227 e. The Kier molecular flexibility index (Phi) is 4.62. The summed E-state index contributed by atoms with van der Waals surface area (Å²) in [6.45, 7) is 1.00. The second-order valence-corrected chi connectivity index (χ2v) is 7.02. The van der Waals surface area contributed by atoms with Gasteiger partial charge in [0.15, 0.2) is 0 Å². The van der Waals surface area contributed by atoms with Gasteiger partial charge in [0, 0.05) is 40.4 Å². The van der Waals surface area contributed by atoms with Crippen molar-refractivity contribution in [1.82, 2.24) is 14.7 Å². The molecule has 1 saturated heterocycles. The number of carbonyl (C=O) groups excluding carboxylic acids is 2. The molecule has 1 aliphatic heterocycles. The van der Waals surface area contributed by atoms with Gasteiger partial charge >= 0.3 is 0 Å². The number of amides is 2. The molecular formula is C17H26N4O3. The molecule has 2 heterocycles. The fourth-order valence-electron chi connectivity index (χ4n) is 3.78. The molecule has 1 aliphatic carbocycles. The summed E-state index contributed by atoms with van der Waals surface area (Å²) in [7, 11) is 5.38. The number of likely N-dealkylation sites (N-methyl/N-ethyl adjacent to an activating group) is 1. The van der Waals surface area contributed by atoms with E-state index in [9.17, 15) is 9.59 Å². The van der Waals surface area contributed by atoms with Crippen molar-refractivity contribution in [3.05, 3.63) is 12.4 Å². The molecule has 2 amide bonds. The van der Waals surface area contributed by atoms with Crippen LogP contribution >= 0.6 is 0 Å². The van der Waals surface area contributed by atoms with Crippen LogP contribution in [0.4, 0.5) is 5.69 Å². The molecule has 1 atom stereocenters. The lowest BCUT2D eigenvalue weighted by atomic mass is 9.75. The van der Waals surface area contributed by atoms with Gasteiger partial charge in [-0.15, -0.1) is 0 Å². The molecular weight excluding hydrogens is 308 g/mol. The fraction of sp³-hybridized carbons (Fsp3) is 0.706. The topological polar surface area (TPSA) is 67.7 Å². The largest absolute Gasteiger partial charge is 0.382 e. The first-order chi connectivity index (χ1) is 11.5. The third kappa shape index (κ3) is 2.92. The zero-order valence-corrected chi connectivity index (χ0v) is 14.7. The van der Waals surface area contributed by atoms with Crippen LogP contribution in [0.3, 0.4) is 0 Å². The Hall–Kier alpha value is -1.89. The molecule has 0 aromatic carbocycles. The van der Waals surface area contributed by atoms with Crippen molar-refractivity contribution in [3.8, 4) is 0 Å². The number of aromatic nitrogens is 2. The van der Waals surface area contributed by atoms with E-state index in [1.54, 1.807) is 22.9 Å². The molecule has 0 unspecified atom stereocenters. The number of aryl methyl sites for hydroxylation is 1. The van der Waals surface area contributed by atoms with E-state index < -0.39 is 0 Å². The number of piperidine rings is 1. The monoisotopic (exact) mass is 334 g/mol. The summed E-state index contributed by atoms with van der Waals surface area (Å²) in [6.07, 6.45) is 7.60. The van der Waals surface area contributed by atoms with Crippen LogP contribution in [0, 0.1) is 5.92 Å². The number of hydrogen-bond donors (Lipinski definition) is 0. The highest BCUT2D eigenvalue weighted by Gasteiger charge is 2.45. The number of nitrogens with zero attached hydrogens (tertiary/aromatic N) is 4. The zero-order valence-electron chi connectivity index (χ0n) is 14.7. The molecule has 24 heavy (non-hydrogen) atoms. The van der Waals surface area contributed by atoms with Gasteiger partial charge in [0.05, 0.1) is 29.9 Å². The van der Waals surface area contributed by atoms with E-state index in [2.05, 4.69) is 5.10 Å². The minimum atomic E-state index is -0.165. The first-order valence-corrected chi connectivity index (χ1v) is 8.52.